The number of hydrogen-bond donors (Lipinski definition) is 2. The number of rotatable bonds is 9. The van der Waals surface area contributed by atoms with Gasteiger partial charge < -0.3 is 25.6 Å². The number of hydrogen-bond acceptors (Lipinski definition) is 6. The quantitative estimate of drug-likeness (QED) is 0.293. The number of anilines is 3. The van der Waals surface area contributed by atoms with Crippen LogP contribution in [0.4, 0.5) is 22.7 Å². The SMILES string of the molecule is Nc1ccc(N2Cc3cc(N4CCCCC4)ccc3C2=O)cc1/N=C/c1ccc(OCC(=O)NCC2CC2)cc1. The second-order valence-electron chi connectivity index (χ2n) is 10.9. The molecule has 2 amide bonds. The van der Waals surface area contributed by atoms with Crippen LogP contribution in [0.3, 0.4) is 0 Å². The fourth-order valence-corrected chi connectivity index (χ4v) is 5.25. The lowest BCUT2D eigenvalue weighted by Gasteiger charge is -2.29. The largest absolute Gasteiger partial charge is 0.484 e. The van der Waals surface area contributed by atoms with Crippen molar-refractivity contribution in [2.75, 3.05) is 41.8 Å². The molecule has 8 heteroatoms. The lowest BCUT2D eigenvalue weighted by molar-refractivity contribution is -0.123. The molecule has 3 aromatic carbocycles. The molecule has 6 rings (SSSR count). The second kappa shape index (κ2) is 11.4. The van der Waals surface area contributed by atoms with Gasteiger partial charge >= 0.3 is 0 Å². The van der Waals surface area contributed by atoms with Crippen LogP contribution in [-0.4, -0.2) is 44.3 Å². The van der Waals surface area contributed by atoms with E-state index in [1.165, 1.54) is 37.8 Å². The number of nitrogen functional groups attached to an aromatic ring is 1. The van der Waals surface area contributed by atoms with Crippen molar-refractivity contribution in [3.63, 3.8) is 0 Å². The lowest BCUT2D eigenvalue weighted by atomic mass is 10.1. The van der Waals surface area contributed by atoms with Crippen LogP contribution in [-0.2, 0) is 11.3 Å². The van der Waals surface area contributed by atoms with E-state index in [1.54, 1.807) is 17.2 Å². The van der Waals surface area contributed by atoms with Gasteiger partial charge in [-0.15, -0.1) is 0 Å². The maximum atomic E-state index is 13.3. The Bertz CT molecular complexity index is 1420. The van der Waals surface area contributed by atoms with Crippen LogP contribution in [0.25, 0.3) is 0 Å². The van der Waals surface area contributed by atoms with Gasteiger partial charge in [-0.05, 0) is 110 Å². The number of carbonyl (C=O) groups is 2. The van der Waals surface area contributed by atoms with Gasteiger partial charge in [0, 0.05) is 42.8 Å². The minimum atomic E-state index is -0.102. The number of aliphatic imine (C=N–C) groups is 1. The Balaban J connectivity index is 1.10. The molecule has 40 heavy (non-hydrogen) atoms. The summed E-state index contributed by atoms with van der Waals surface area (Å²) in [4.78, 5) is 34.0. The molecule has 2 heterocycles. The van der Waals surface area contributed by atoms with Crippen molar-refractivity contribution in [1.29, 1.82) is 0 Å². The molecule has 0 atom stereocenters. The van der Waals surface area contributed by atoms with Crippen molar-refractivity contribution in [1.82, 2.24) is 5.32 Å². The average molecular weight is 538 g/mol. The summed E-state index contributed by atoms with van der Waals surface area (Å²) < 4.78 is 5.59. The van der Waals surface area contributed by atoms with Gasteiger partial charge in [-0.2, -0.15) is 0 Å². The van der Waals surface area contributed by atoms with Gasteiger partial charge in [0.2, 0.25) is 0 Å². The first-order chi connectivity index (χ1) is 19.5. The Kier molecular flexibility index (Phi) is 7.40. The maximum absolute atomic E-state index is 13.3. The van der Waals surface area contributed by atoms with Crippen LogP contribution in [0.15, 0.2) is 65.7 Å². The minimum Gasteiger partial charge on any atom is -0.484 e. The van der Waals surface area contributed by atoms with Gasteiger partial charge in [-0.25, -0.2) is 0 Å². The van der Waals surface area contributed by atoms with E-state index in [0.717, 1.165) is 42.0 Å². The third-order valence-electron chi connectivity index (χ3n) is 7.83. The van der Waals surface area contributed by atoms with Crippen LogP contribution in [0.2, 0.25) is 0 Å². The molecule has 1 saturated heterocycles. The molecule has 1 aliphatic carbocycles. The maximum Gasteiger partial charge on any atom is 0.258 e. The molecule has 3 aromatic rings. The predicted octanol–water partition coefficient (Wildman–Crippen LogP) is 5.08. The van der Waals surface area contributed by atoms with Crippen LogP contribution >= 0.6 is 0 Å². The van der Waals surface area contributed by atoms with Gasteiger partial charge in [0.25, 0.3) is 11.8 Å². The van der Waals surface area contributed by atoms with E-state index in [-0.39, 0.29) is 18.4 Å². The van der Waals surface area contributed by atoms with Crippen LogP contribution in [0, 0.1) is 5.92 Å². The normalized spacial score (nSPS) is 16.9. The first-order valence-corrected chi connectivity index (χ1v) is 14.2. The topological polar surface area (TPSA) is 100 Å². The third kappa shape index (κ3) is 5.96. The molecule has 2 aliphatic heterocycles. The molecular formula is C32H35N5O3. The van der Waals surface area contributed by atoms with E-state index in [2.05, 4.69) is 27.3 Å². The van der Waals surface area contributed by atoms with E-state index >= 15 is 0 Å². The van der Waals surface area contributed by atoms with Crippen LogP contribution < -0.4 is 25.6 Å². The molecule has 3 N–H and O–H groups in total. The number of piperidine rings is 1. The first-order valence-electron chi connectivity index (χ1n) is 14.2. The molecule has 3 aliphatic rings. The summed E-state index contributed by atoms with van der Waals surface area (Å²) in [6, 6.07) is 19.1. The Morgan fingerprint density at radius 3 is 2.55 bits per heavy atom. The van der Waals surface area contributed by atoms with Crippen molar-refractivity contribution in [2.24, 2.45) is 10.9 Å². The van der Waals surface area contributed by atoms with E-state index in [9.17, 15) is 9.59 Å². The molecule has 206 valence electrons. The van der Waals surface area contributed by atoms with Crippen molar-refractivity contribution in [2.45, 2.75) is 38.6 Å². The standard InChI is InChI=1S/C32H35N5O3/c33-29-13-9-26(37-20-24-16-25(8-12-28(24)32(37)39)36-14-2-1-3-15-36)17-30(29)34-18-23-6-10-27(11-7-23)40-21-31(38)35-19-22-4-5-22/h6-13,16-18,22H,1-5,14-15,19-21,33H2,(H,35,38)/b34-18+. The Hall–Kier alpha value is -4.33. The summed E-state index contributed by atoms with van der Waals surface area (Å²) in [5.74, 6) is 1.16. The van der Waals surface area contributed by atoms with Gasteiger partial charge in [0.05, 0.1) is 17.9 Å². The van der Waals surface area contributed by atoms with Crippen molar-refractivity contribution < 1.29 is 14.3 Å². The summed E-state index contributed by atoms with van der Waals surface area (Å²) in [6.45, 7) is 3.41. The number of nitrogens with two attached hydrogens (primary N) is 1. The molecule has 0 bridgehead atoms. The molecule has 0 unspecified atom stereocenters. The zero-order valence-electron chi connectivity index (χ0n) is 22.6. The summed E-state index contributed by atoms with van der Waals surface area (Å²) >= 11 is 0. The van der Waals surface area contributed by atoms with E-state index < -0.39 is 0 Å². The number of benzene rings is 3. The van der Waals surface area contributed by atoms with Gasteiger partial charge in [0.1, 0.15) is 5.75 Å². The number of amides is 2. The van der Waals surface area contributed by atoms with Crippen molar-refractivity contribution in [3.8, 4) is 5.75 Å². The smallest absolute Gasteiger partial charge is 0.258 e. The van der Waals surface area contributed by atoms with Gasteiger partial charge in [-0.1, -0.05) is 0 Å². The number of fused-ring (bicyclic) bond motifs is 1. The average Bonchev–Trinajstić information content (AvgIpc) is 3.77. The fraction of sp³-hybridized carbons (Fsp3) is 0.344. The Labute approximate surface area is 234 Å². The molecular weight excluding hydrogens is 502 g/mol. The highest BCUT2D eigenvalue weighted by molar-refractivity contribution is 6.10. The highest BCUT2D eigenvalue weighted by atomic mass is 16.5. The van der Waals surface area contributed by atoms with E-state index in [4.69, 9.17) is 10.5 Å². The predicted molar refractivity (Wildman–Crippen MR) is 159 cm³/mol. The molecule has 0 radical (unpaired) electrons. The number of carbonyl (C=O) groups excluding carboxylic acids is 2. The molecule has 0 spiro atoms. The zero-order valence-corrected chi connectivity index (χ0v) is 22.6. The Morgan fingerprint density at radius 2 is 1.77 bits per heavy atom. The van der Waals surface area contributed by atoms with Gasteiger partial charge in [-0.3, -0.25) is 14.6 Å². The number of nitrogens with one attached hydrogen (secondary N) is 1. The van der Waals surface area contributed by atoms with E-state index in [1.807, 2.05) is 42.5 Å². The Morgan fingerprint density at radius 1 is 1.00 bits per heavy atom. The first kappa shape index (κ1) is 25.9. The molecule has 1 saturated carbocycles. The minimum absolute atomic E-state index is 0.00212. The highest BCUT2D eigenvalue weighted by Gasteiger charge is 2.29. The van der Waals surface area contributed by atoms with Crippen LogP contribution in [0.1, 0.15) is 53.6 Å². The molecule has 8 nitrogen and oxygen atoms in total. The van der Waals surface area contributed by atoms with Crippen LogP contribution in [0.5, 0.6) is 5.75 Å². The summed E-state index contributed by atoms with van der Waals surface area (Å²) in [5.41, 5.74) is 12.0. The third-order valence-corrected chi connectivity index (χ3v) is 7.83. The summed E-state index contributed by atoms with van der Waals surface area (Å²) in [7, 11) is 0. The fourth-order valence-electron chi connectivity index (χ4n) is 5.25. The highest BCUT2D eigenvalue weighted by Crippen LogP contribution is 2.35. The second-order valence-corrected chi connectivity index (χ2v) is 10.9. The zero-order chi connectivity index (χ0) is 27.5. The summed E-state index contributed by atoms with van der Waals surface area (Å²) in [6.07, 6.45) is 7.85. The molecule has 0 aromatic heterocycles. The lowest BCUT2D eigenvalue weighted by Crippen LogP contribution is -2.30. The van der Waals surface area contributed by atoms with Gasteiger partial charge in [0.15, 0.2) is 6.61 Å². The number of ether oxygens (including phenoxy) is 1. The monoisotopic (exact) mass is 537 g/mol. The van der Waals surface area contributed by atoms with Crippen molar-refractivity contribution in [3.05, 3.63) is 77.4 Å². The van der Waals surface area contributed by atoms with Crippen molar-refractivity contribution >= 4 is 40.8 Å². The summed E-state index contributed by atoms with van der Waals surface area (Å²) in [5, 5.41) is 2.90. The molecule has 2 fully saturated rings. The van der Waals surface area contributed by atoms with E-state index in [0.29, 0.717) is 29.6 Å². The number of nitrogens with zero attached hydrogens (tertiary/aromatic N) is 3.